The smallest absolute Gasteiger partial charge is 0.161 e. The Balaban J connectivity index is 1.23. The van der Waals surface area contributed by atoms with Gasteiger partial charge in [0.2, 0.25) is 0 Å². The first kappa shape index (κ1) is 17.7. The lowest BCUT2D eigenvalue weighted by Gasteiger charge is -2.26. The van der Waals surface area contributed by atoms with E-state index in [9.17, 15) is 5.11 Å². The Kier molecular flexibility index (Phi) is 5.16. The number of rotatable bonds is 7. The van der Waals surface area contributed by atoms with E-state index in [0.717, 1.165) is 46.7 Å². The van der Waals surface area contributed by atoms with E-state index in [4.69, 9.17) is 14.2 Å². The van der Waals surface area contributed by atoms with Gasteiger partial charge in [-0.3, -0.25) is 5.10 Å². The number of benzene rings is 2. The second-order valence-corrected chi connectivity index (χ2v) is 6.89. The van der Waals surface area contributed by atoms with Crippen LogP contribution in [0.4, 0.5) is 0 Å². The van der Waals surface area contributed by atoms with Crippen LogP contribution in [0.25, 0.3) is 10.9 Å². The van der Waals surface area contributed by atoms with Crippen LogP contribution >= 0.6 is 0 Å². The van der Waals surface area contributed by atoms with E-state index in [-0.39, 0.29) is 12.7 Å². The number of nitrogens with zero attached hydrogens (tertiary/aromatic N) is 1. The molecule has 2 atom stereocenters. The Labute approximate surface area is 158 Å². The SMILES string of the molecule is Cc1[nH]nc2cccc(OC[C@@H](O)CCCC3COc4ccccc4O3)c12. The number of ether oxygens (including phenoxy) is 3. The van der Waals surface area contributed by atoms with Crippen LogP contribution in [0, 0.1) is 6.92 Å². The molecular weight excluding hydrogens is 344 g/mol. The highest BCUT2D eigenvalue weighted by Gasteiger charge is 2.20. The highest BCUT2D eigenvalue weighted by Crippen LogP contribution is 2.32. The van der Waals surface area contributed by atoms with Crippen molar-refractivity contribution >= 4 is 10.9 Å². The molecule has 6 heteroatoms. The standard InChI is InChI=1S/C21H24N2O4/c1-14-21-17(23-22-14)8-5-11-20(21)25-12-15(24)6-4-7-16-13-26-18-9-2-3-10-19(18)27-16/h2-3,5,8-11,15-16,24H,4,6-7,12-13H2,1H3,(H,22,23)/t15-,16?/m0/s1. The second-order valence-electron chi connectivity index (χ2n) is 6.89. The first-order valence-corrected chi connectivity index (χ1v) is 9.34. The van der Waals surface area contributed by atoms with Gasteiger partial charge in [0.15, 0.2) is 11.5 Å². The summed E-state index contributed by atoms with van der Waals surface area (Å²) in [6.45, 7) is 2.77. The second kappa shape index (κ2) is 7.88. The first-order valence-electron chi connectivity index (χ1n) is 9.34. The van der Waals surface area contributed by atoms with Gasteiger partial charge in [0.1, 0.15) is 25.1 Å². The fourth-order valence-corrected chi connectivity index (χ4v) is 3.37. The maximum atomic E-state index is 10.3. The third-order valence-corrected chi connectivity index (χ3v) is 4.79. The summed E-state index contributed by atoms with van der Waals surface area (Å²) in [7, 11) is 0. The van der Waals surface area contributed by atoms with Crippen molar-refractivity contribution in [3.05, 3.63) is 48.2 Å². The molecule has 6 nitrogen and oxygen atoms in total. The number of aromatic amines is 1. The van der Waals surface area contributed by atoms with E-state index in [1.807, 2.05) is 49.4 Å². The molecule has 3 aromatic rings. The van der Waals surface area contributed by atoms with Gasteiger partial charge in [0.25, 0.3) is 0 Å². The molecule has 0 amide bonds. The molecule has 1 aliphatic heterocycles. The van der Waals surface area contributed by atoms with Gasteiger partial charge in [-0.2, -0.15) is 5.10 Å². The van der Waals surface area contributed by atoms with Crippen LogP contribution in [0.3, 0.4) is 0 Å². The number of hydrogen-bond donors (Lipinski definition) is 2. The molecule has 4 rings (SSSR count). The van der Waals surface area contributed by atoms with Gasteiger partial charge < -0.3 is 19.3 Å². The average Bonchev–Trinajstić information content (AvgIpc) is 3.08. The van der Waals surface area contributed by atoms with E-state index in [1.165, 1.54) is 0 Å². The Morgan fingerprint density at radius 3 is 2.96 bits per heavy atom. The Morgan fingerprint density at radius 1 is 1.22 bits per heavy atom. The van der Waals surface area contributed by atoms with E-state index < -0.39 is 6.10 Å². The molecule has 0 saturated carbocycles. The van der Waals surface area contributed by atoms with E-state index in [1.54, 1.807) is 0 Å². The number of aryl methyl sites for hydroxylation is 1. The number of aromatic nitrogens is 2. The molecular formula is C21H24N2O4. The molecule has 1 unspecified atom stereocenters. The molecule has 2 N–H and O–H groups in total. The van der Waals surface area contributed by atoms with Crippen molar-refractivity contribution in [3.8, 4) is 17.2 Å². The van der Waals surface area contributed by atoms with Crippen molar-refractivity contribution in [1.29, 1.82) is 0 Å². The molecule has 1 aromatic heterocycles. The summed E-state index contributed by atoms with van der Waals surface area (Å²) in [4.78, 5) is 0. The number of nitrogens with one attached hydrogen (secondary N) is 1. The fraction of sp³-hybridized carbons (Fsp3) is 0.381. The van der Waals surface area contributed by atoms with Crippen molar-refractivity contribution in [2.75, 3.05) is 13.2 Å². The molecule has 0 bridgehead atoms. The van der Waals surface area contributed by atoms with Gasteiger partial charge in [0, 0.05) is 5.69 Å². The van der Waals surface area contributed by atoms with Gasteiger partial charge in [0.05, 0.1) is 17.0 Å². The van der Waals surface area contributed by atoms with E-state index in [2.05, 4.69) is 10.2 Å². The molecule has 0 spiro atoms. The van der Waals surface area contributed by atoms with Crippen LogP contribution in [0.2, 0.25) is 0 Å². The van der Waals surface area contributed by atoms with Crippen LogP contribution in [0.1, 0.15) is 25.0 Å². The van der Waals surface area contributed by atoms with Gasteiger partial charge in [-0.25, -0.2) is 0 Å². The van der Waals surface area contributed by atoms with E-state index >= 15 is 0 Å². The summed E-state index contributed by atoms with van der Waals surface area (Å²) in [6.07, 6.45) is 1.83. The Morgan fingerprint density at radius 2 is 2.07 bits per heavy atom. The lowest BCUT2D eigenvalue weighted by molar-refractivity contribution is 0.0695. The Bertz CT molecular complexity index is 908. The van der Waals surface area contributed by atoms with Gasteiger partial charge in [-0.1, -0.05) is 18.2 Å². The monoisotopic (exact) mass is 368 g/mol. The van der Waals surface area contributed by atoms with Gasteiger partial charge in [-0.05, 0) is 50.5 Å². The van der Waals surface area contributed by atoms with Gasteiger partial charge in [-0.15, -0.1) is 0 Å². The topological polar surface area (TPSA) is 76.6 Å². The largest absolute Gasteiger partial charge is 0.490 e. The number of aliphatic hydroxyl groups is 1. The zero-order valence-corrected chi connectivity index (χ0v) is 15.4. The number of aliphatic hydroxyl groups excluding tert-OH is 1. The van der Waals surface area contributed by atoms with Crippen LogP contribution in [0.5, 0.6) is 17.2 Å². The minimum absolute atomic E-state index is 0.0235. The minimum atomic E-state index is -0.524. The average molecular weight is 368 g/mol. The fourth-order valence-electron chi connectivity index (χ4n) is 3.37. The minimum Gasteiger partial charge on any atom is -0.490 e. The van der Waals surface area contributed by atoms with Crippen molar-refractivity contribution in [1.82, 2.24) is 10.2 Å². The summed E-state index contributed by atoms with van der Waals surface area (Å²) < 4.78 is 17.5. The first-order chi connectivity index (χ1) is 13.2. The van der Waals surface area contributed by atoms with Crippen LogP contribution in [0.15, 0.2) is 42.5 Å². The number of fused-ring (bicyclic) bond motifs is 2. The van der Waals surface area contributed by atoms with Crippen molar-refractivity contribution < 1.29 is 19.3 Å². The van der Waals surface area contributed by atoms with Gasteiger partial charge >= 0.3 is 0 Å². The molecule has 1 aliphatic rings. The van der Waals surface area contributed by atoms with Crippen LogP contribution in [-0.2, 0) is 0 Å². The third-order valence-electron chi connectivity index (χ3n) is 4.79. The predicted molar refractivity (Wildman–Crippen MR) is 103 cm³/mol. The maximum absolute atomic E-state index is 10.3. The van der Waals surface area contributed by atoms with Crippen molar-refractivity contribution in [2.24, 2.45) is 0 Å². The molecule has 0 aliphatic carbocycles. The number of para-hydroxylation sites is 2. The van der Waals surface area contributed by atoms with Crippen LogP contribution < -0.4 is 14.2 Å². The molecule has 27 heavy (non-hydrogen) atoms. The highest BCUT2D eigenvalue weighted by atomic mass is 16.6. The molecule has 0 saturated heterocycles. The summed E-state index contributed by atoms with van der Waals surface area (Å²) in [5, 5.41) is 18.4. The summed E-state index contributed by atoms with van der Waals surface area (Å²) >= 11 is 0. The number of H-pyrrole nitrogens is 1. The van der Waals surface area contributed by atoms with E-state index in [0.29, 0.717) is 13.0 Å². The summed E-state index contributed by atoms with van der Waals surface area (Å²) in [5.74, 6) is 2.34. The number of hydrogen-bond acceptors (Lipinski definition) is 5. The third kappa shape index (κ3) is 4.01. The molecule has 0 radical (unpaired) electrons. The van der Waals surface area contributed by atoms with Crippen LogP contribution in [-0.4, -0.2) is 40.7 Å². The quantitative estimate of drug-likeness (QED) is 0.666. The molecule has 0 fully saturated rings. The van der Waals surface area contributed by atoms with Crippen molar-refractivity contribution in [3.63, 3.8) is 0 Å². The zero-order valence-electron chi connectivity index (χ0n) is 15.4. The predicted octanol–water partition coefficient (Wildman–Crippen LogP) is 3.62. The maximum Gasteiger partial charge on any atom is 0.161 e. The Hall–Kier alpha value is -2.73. The normalized spacial score (nSPS) is 17.0. The van der Waals surface area contributed by atoms with Crippen molar-refractivity contribution in [2.45, 2.75) is 38.4 Å². The zero-order chi connectivity index (χ0) is 18.6. The highest BCUT2D eigenvalue weighted by molar-refractivity contribution is 5.87. The molecule has 2 aromatic carbocycles. The summed E-state index contributed by atoms with van der Waals surface area (Å²) in [5.41, 5.74) is 1.83. The lowest BCUT2D eigenvalue weighted by atomic mass is 10.1. The molecule has 142 valence electrons. The summed E-state index contributed by atoms with van der Waals surface area (Å²) in [6, 6.07) is 13.5. The molecule has 2 heterocycles. The lowest BCUT2D eigenvalue weighted by Crippen LogP contribution is -2.29.